The first-order chi connectivity index (χ1) is 8.47. The topological polar surface area (TPSA) is 63.4 Å². The Bertz CT molecular complexity index is 486. The average molecular weight is 286 g/mol. The Hall–Kier alpha value is -1.14. The first kappa shape index (κ1) is 14.9. The molecule has 0 amide bonds. The van der Waals surface area contributed by atoms with Crippen molar-refractivity contribution in [3.63, 3.8) is 0 Å². The minimum Gasteiger partial charge on any atom is -0.393 e. The zero-order chi connectivity index (χ0) is 13.6. The van der Waals surface area contributed by atoms with Gasteiger partial charge in [-0.1, -0.05) is 37.3 Å². The van der Waals surface area contributed by atoms with Crippen LogP contribution in [-0.2, 0) is 10.0 Å². The van der Waals surface area contributed by atoms with Crippen LogP contribution in [0.2, 0.25) is 0 Å². The van der Waals surface area contributed by atoms with Crippen LogP contribution in [0.25, 0.3) is 0 Å². The summed E-state index contributed by atoms with van der Waals surface area (Å²) in [5, 5.41) is 0. The summed E-state index contributed by atoms with van der Waals surface area (Å²) in [6.45, 7) is 2.13. The molecule has 0 saturated carbocycles. The number of hydrogen-bond donors (Lipinski definition) is 1. The van der Waals surface area contributed by atoms with E-state index in [2.05, 4.69) is 0 Å². The highest BCUT2D eigenvalue weighted by Crippen LogP contribution is 2.18. The molecule has 0 fully saturated rings. The fraction of sp³-hybridized carbons (Fsp3) is 0.417. The molecular formula is C12H18N2O2S2. The smallest absolute Gasteiger partial charge is 0.235 e. The average Bonchev–Trinajstić information content (AvgIpc) is 2.29. The summed E-state index contributed by atoms with van der Waals surface area (Å²) in [6.07, 6.45) is 0.964. The molecule has 100 valence electrons. The molecule has 0 spiro atoms. The summed E-state index contributed by atoms with van der Waals surface area (Å²) in [7, 11) is -3.30. The fourth-order valence-electron chi connectivity index (χ4n) is 1.60. The molecule has 1 aromatic rings. The quantitative estimate of drug-likeness (QED) is 0.778. The van der Waals surface area contributed by atoms with Crippen molar-refractivity contribution in [3.8, 4) is 0 Å². The maximum absolute atomic E-state index is 12.2. The highest BCUT2D eigenvalue weighted by molar-refractivity contribution is 7.92. The van der Waals surface area contributed by atoms with Gasteiger partial charge in [-0.25, -0.2) is 8.42 Å². The van der Waals surface area contributed by atoms with Crippen molar-refractivity contribution in [1.82, 2.24) is 0 Å². The zero-order valence-corrected chi connectivity index (χ0v) is 12.0. The third kappa shape index (κ3) is 4.27. The normalized spacial score (nSPS) is 11.2. The van der Waals surface area contributed by atoms with E-state index in [0.29, 0.717) is 30.1 Å². The molecule has 0 unspecified atom stereocenters. The number of anilines is 1. The van der Waals surface area contributed by atoms with Gasteiger partial charge in [-0.05, 0) is 18.6 Å². The number of thiocarbonyl (C=S) groups is 1. The van der Waals surface area contributed by atoms with Gasteiger partial charge in [0.15, 0.2) is 0 Å². The van der Waals surface area contributed by atoms with Crippen LogP contribution in [0.4, 0.5) is 5.69 Å². The molecule has 18 heavy (non-hydrogen) atoms. The van der Waals surface area contributed by atoms with E-state index in [1.54, 1.807) is 12.1 Å². The Morgan fingerprint density at radius 1 is 1.33 bits per heavy atom. The van der Waals surface area contributed by atoms with E-state index in [1.165, 1.54) is 4.31 Å². The maximum atomic E-state index is 12.2. The number of sulfonamides is 1. The molecule has 4 nitrogen and oxygen atoms in total. The van der Waals surface area contributed by atoms with Gasteiger partial charge >= 0.3 is 0 Å². The molecule has 2 N–H and O–H groups in total. The largest absolute Gasteiger partial charge is 0.393 e. The summed E-state index contributed by atoms with van der Waals surface area (Å²) < 4.78 is 25.8. The second-order valence-electron chi connectivity index (χ2n) is 3.94. The van der Waals surface area contributed by atoms with Crippen molar-refractivity contribution in [2.75, 3.05) is 16.6 Å². The van der Waals surface area contributed by atoms with Gasteiger partial charge < -0.3 is 5.73 Å². The number of rotatable bonds is 7. The Morgan fingerprint density at radius 2 is 1.94 bits per heavy atom. The number of nitrogens with two attached hydrogens (primary N) is 1. The van der Waals surface area contributed by atoms with Crippen LogP contribution in [0.15, 0.2) is 30.3 Å². The molecule has 0 aromatic heterocycles. The van der Waals surface area contributed by atoms with Crippen molar-refractivity contribution >= 4 is 32.9 Å². The minimum absolute atomic E-state index is 0.124. The first-order valence-corrected chi connectivity index (χ1v) is 7.83. The van der Waals surface area contributed by atoms with Gasteiger partial charge in [0, 0.05) is 13.0 Å². The third-order valence-electron chi connectivity index (χ3n) is 2.40. The Labute approximate surface area is 114 Å². The summed E-state index contributed by atoms with van der Waals surface area (Å²) in [6, 6.07) is 9.01. The fourth-order valence-corrected chi connectivity index (χ4v) is 3.24. The van der Waals surface area contributed by atoms with Crippen molar-refractivity contribution in [2.45, 2.75) is 19.8 Å². The van der Waals surface area contributed by atoms with E-state index in [-0.39, 0.29) is 5.75 Å². The zero-order valence-electron chi connectivity index (χ0n) is 10.4. The molecule has 0 atom stereocenters. The lowest BCUT2D eigenvalue weighted by atomic mass is 10.3. The standard InChI is InChI=1S/C12H18N2O2S2/c1-2-10-18(15,16)14(9-8-12(13)17)11-6-4-3-5-7-11/h3-7H,2,8-10H2,1H3,(H2,13,17). The highest BCUT2D eigenvalue weighted by atomic mass is 32.2. The molecule has 1 rings (SSSR count). The minimum atomic E-state index is -3.30. The van der Waals surface area contributed by atoms with Gasteiger partial charge in [-0.2, -0.15) is 0 Å². The van der Waals surface area contributed by atoms with Gasteiger partial charge in [0.05, 0.1) is 16.4 Å². The molecule has 0 aliphatic heterocycles. The Balaban J connectivity index is 2.99. The van der Waals surface area contributed by atoms with Crippen molar-refractivity contribution in [3.05, 3.63) is 30.3 Å². The molecule has 0 aliphatic carbocycles. The number of para-hydroxylation sites is 1. The van der Waals surface area contributed by atoms with E-state index < -0.39 is 10.0 Å². The van der Waals surface area contributed by atoms with Crippen molar-refractivity contribution in [2.24, 2.45) is 5.73 Å². The highest BCUT2D eigenvalue weighted by Gasteiger charge is 2.21. The van der Waals surface area contributed by atoms with Gasteiger partial charge in [0.2, 0.25) is 10.0 Å². The molecule has 1 aromatic carbocycles. The van der Waals surface area contributed by atoms with Gasteiger partial charge in [-0.15, -0.1) is 0 Å². The molecule has 6 heteroatoms. The summed E-state index contributed by atoms with van der Waals surface area (Å²) in [5.74, 6) is 0.124. The number of hydrogen-bond acceptors (Lipinski definition) is 3. The van der Waals surface area contributed by atoms with Crippen LogP contribution in [0, 0.1) is 0 Å². The number of nitrogens with zero attached hydrogens (tertiary/aromatic N) is 1. The van der Waals surface area contributed by atoms with Crippen LogP contribution in [-0.4, -0.2) is 25.7 Å². The van der Waals surface area contributed by atoms with E-state index in [4.69, 9.17) is 18.0 Å². The lowest BCUT2D eigenvalue weighted by Crippen LogP contribution is -2.35. The molecule has 0 heterocycles. The summed E-state index contributed by atoms with van der Waals surface area (Å²) in [4.78, 5) is 0.322. The Morgan fingerprint density at radius 3 is 2.44 bits per heavy atom. The Kier molecular flexibility index (Phi) is 5.55. The lowest BCUT2D eigenvalue weighted by molar-refractivity contribution is 0.590. The predicted octanol–water partition coefficient (Wildman–Crippen LogP) is 1.91. The molecule has 0 bridgehead atoms. The van der Waals surface area contributed by atoms with Crippen LogP contribution in [0.1, 0.15) is 19.8 Å². The van der Waals surface area contributed by atoms with Crippen LogP contribution in [0.5, 0.6) is 0 Å². The van der Waals surface area contributed by atoms with Crippen molar-refractivity contribution in [1.29, 1.82) is 0 Å². The van der Waals surface area contributed by atoms with E-state index >= 15 is 0 Å². The maximum Gasteiger partial charge on any atom is 0.235 e. The van der Waals surface area contributed by atoms with Crippen LogP contribution < -0.4 is 10.0 Å². The molecule has 0 aliphatic rings. The second kappa shape index (κ2) is 6.70. The van der Waals surface area contributed by atoms with Gasteiger partial charge in [-0.3, -0.25) is 4.31 Å². The van der Waals surface area contributed by atoms with E-state index in [0.717, 1.165) is 0 Å². The third-order valence-corrected chi connectivity index (χ3v) is 4.60. The lowest BCUT2D eigenvalue weighted by Gasteiger charge is -2.24. The van der Waals surface area contributed by atoms with Crippen LogP contribution >= 0.6 is 12.2 Å². The monoisotopic (exact) mass is 286 g/mol. The summed E-state index contributed by atoms with van der Waals surface area (Å²) >= 11 is 4.81. The second-order valence-corrected chi connectivity index (χ2v) is 6.48. The molecule has 0 radical (unpaired) electrons. The van der Waals surface area contributed by atoms with Gasteiger partial charge in [0.25, 0.3) is 0 Å². The molecular weight excluding hydrogens is 268 g/mol. The van der Waals surface area contributed by atoms with Gasteiger partial charge in [0.1, 0.15) is 0 Å². The molecule has 0 saturated heterocycles. The first-order valence-electron chi connectivity index (χ1n) is 5.81. The predicted molar refractivity (Wildman–Crippen MR) is 79.3 cm³/mol. The number of benzene rings is 1. The van der Waals surface area contributed by atoms with E-state index in [1.807, 2.05) is 25.1 Å². The summed E-state index contributed by atoms with van der Waals surface area (Å²) in [5.41, 5.74) is 6.10. The van der Waals surface area contributed by atoms with E-state index in [9.17, 15) is 8.42 Å². The van der Waals surface area contributed by atoms with Crippen molar-refractivity contribution < 1.29 is 8.42 Å². The SMILES string of the molecule is CCCS(=O)(=O)N(CCC(N)=S)c1ccccc1. The van der Waals surface area contributed by atoms with Crippen LogP contribution in [0.3, 0.4) is 0 Å².